The molecule has 0 bridgehead atoms. The van der Waals surface area contributed by atoms with Crippen molar-refractivity contribution in [3.05, 3.63) is 30.3 Å². The zero-order valence-corrected chi connectivity index (χ0v) is 11.8. The number of rotatable bonds is 5. The number of hydrogen-bond donors (Lipinski definition) is 2. The number of esters is 1. The third-order valence-electron chi connectivity index (χ3n) is 2.63. The molecule has 2 amide bonds. The fraction of sp³-hybridized carbons (Fsp3) is 0.357. The summed E-state index contributed by atoms with van der Waals surface area (Å²) in [5.41, 5.74) is 3.48. The lowest BCUT2D eigenvalue weighted by atomic mass is 10.1. The lowest BCUT2D eigenvalue weighted by Gasteiger charge is -2.10. The topological polar surface area (TPSA) is 79.8 Å². The predicted molar refractivity (Wildman–Crippen MR) is 77.5 cm³/mol. The van der Waals surface area contributed by atoms with Crippen molar-refractivity contribution < 1.29 is 14.3 Å². The molecule has 0 aliphatic heterocycles. The van der Waals surface area contributed by atoms with Gasteiger partial charge >= 0.3 is 12.0 Å². The molecule has 2 N–H and O–H groups in total. The Kier molecular flexibility index (Phi) is 6.22. The monoisotopic (exact) mass is 277 g/mol. The van der Waals surface area contributed by atoms with Gasteiger partial charge in [0.25, 0.3) is 0 Å². The Labute approximate surface area is 118 Å². The van der Waals surface area contributed by atoms with E-state index in [0.717, 1.165) is 0 Å². The largest absolute Gasteiger partial charge is 0.465 e. The molecule has 108 valence electrons. The van der Waals surface area contributed by atoms with Crippen molar-refractivity contribution in [3.63, 3.8) is 0 Å². The number of para-hydroxylation sites is 1. The van der Waals surface area contributed by atoms with Gasteiger partial charge in [0.15, 0.2) is 0 Å². The van der Waals surface area contributed by atoms with Gasteiger partial charge in [-0.05, 0) is 32.9 Å². The average molecular weight is 277 g/mol. The predicted octanol–water partition coefficient (Wildman–Crippen LogP) is 2.38. The SMILES string of the molecule is CCOC(=O)C(C)/C(C)=N/NC(=O)Nc1ccccc1. The molecule has 0 aromatic heterocycles. The molecule has 0 saturated carbocycles. The summed E-state index contributed by atoms with van der Waals surface area (Å²) in [5, 5.41) is 6.49. The summed E-state index contributed by atoms with van der Waals surface area (Å²) >= 11 is 0. The number of anilines is 1. The van der Waals surface area contributed by atoms with Crippen LogP contribution < -0.4 is 10.7 Å². The highest BCUT2D eigenvalue weighted by Crippen LogP contribution is 2.05. The number of benzene rings is 1. The second-order valence-corrected chi connectivity index (χ2v) is 4.16. The van der Waals surface area contributed by atoms with Gasteiger partial charge in [0, 0.05) is 11.4 Å². The van der Waals surface area contributed by atoms with Crippen LogP contribution in [0, 0.1) is 5.92 Å². The maximum atomic E-state index is 11.6. The fourth-order valence-electron chi connectivity index (χ4n) is 1.35. The first-order valence-electron chi connectivity index (χ1n) is 6.37. The van der Waals surface area contributed by atoms with Crippen molar-refractivity contribution in [3.8, 4) is 0 Å². The van der Waals surface area contributed by atoms with Gasteiger partial charge in [-0.3, -0.25) is 4.79 Å². The van der Waals surface area contributed by atoms with Crippen molar-refractivity contribution >= 4 is 23.4 Å². The smallest absolute Gasteiger partial charge is 0.339 e. The summed E-state index contributed by atoms with van der Waals surface area (Å²) in [6.07, 6.45) is 0. The number of hydrogen-bond acceptors (Lipinski definition) is 4. The third-order valence-corrected chi connectivity index (χ3v) is 2.63. The van der Waals surface area contributed by atoms with E-state index in [1.54, 1.807) is 32.9 Å². The number of carbonyl (C=O) groups is 2. The minimum Gasteiger partial charge on any atom is -0.465 e. The van der Waals surface area contributed by atoms with Crippen molar-refractivity contribution in [1.82, 2.24) is 5.43 Å². The van der Waals surface area contributed by atoms with Crippen molar-refractivity contribution in [1.29, 1.82) is 0 Å². The Bertz CT molecular complexity index is 486. The number of amides is 2. The van der Waals surface area contributed by atoms with E-state index < -0.39 is 11.9 Å². The van der Waals surface area contributed by atoms with Gasteiger partial charge in [0.05, 0.1) is 12.5 Å². The normalized spacial score (nSPS) is 12.4. The van der Waals surface area contributed by atoms with Gasteiger partial charge in [0.2, 0.25) is 0 Å². The molecule has 0 aliphatic rings. The van der Waals surface area contributed by atoms with E-state index in [-0.39, 0.29) is 5.97 Å². The lowest BCUT2D eigenvalue weighted by Crippen LogP contribution is -2.28. The lowest BCUT2D eigenvalue weighted by molar-refractivity contribution is -0.145. The quantitative estimate of drug-likeness (QED) is 0.492. The first kappa shape index (κ1) is 15.7. The number of carbonyl (C=O) groups excluding carboxylic acids is 2. The van der Waals surface area contributed by atoms with E-state index in [9.17, 15) is 9.59 Å². The third kappa shape index (κ3) is 5.09. The van der Waals surface area contributed by atoms with Gasteiger partial charge in [-0.1, -0.05) is 18.2 Å². The molecule has 1 atom stereocenters. The van der Waals surface area contributed by atoms with Crippen molar-refractivity contribution in [2.45, 2.75) is 20.8 Å². The second kappa shape index (κ2) is 7.93. The van der Waals surface area contributed by atoms with E-state index in [1.807, 2.05) is 18.2 Å². The van der Waals surface area contributed by atoms with Crippen LogP contribution in [0.4, 0.5) is 10.5 Å². The zero-order chi connectivity index (χ0) is 15.0. The maximum Gasteiger partial charge on any atom is 0.339 e. The molecule has 0 aliphatic carbocycles. The number of urea groups is 1. The first-order chi connectivity index (χ1) is 9.54. The highest BCUT2D eigenvalue weighted by molar-refractivity contribution is 6.01. The summed E-state index contributed by atoms with van der Waals surface area (Å²) in [6, 6.07) is 8.53. The molecule has 6 nitrogen and oxygen atoms in total. The molecular formula is C14H19N3O3. The molecule has 1 rings (SSSR count). The van der Waals surface area contributed by atoms with Gasteiger partial charge in [-0.2, -0.15) is 5.10 Å². The maximum absolute atomic E-state index is 11.6. The summed E-state index contributed by atoms with van der Waals surface area (Å²) < 4.78 is 4.88. The number of hydrazone groups is 1. The van der Waals surface area contributed by atoms with E-state index in [2.05, 4.69) is 15.8 Å². The zero-order valence-electron chi connectivity index (χ0n) is 11.8. The summed E-state index contributed by atoms with van der Waals surface area (Å²) in [5.74, 6) is -0.856. The van der Waals surface area contributed by atoms with Crippen LogP contribution in [0.3, 0.4) is 0 Å². The van der Waals surface area contributed by atoms with Crippen LogP contribution >= 0.6 is 0 Å². The van der Waals surface area contributed by atoms with Crippen LogP contribution in [0.1, 0.15) is 20.8 Å². The highest BCUT2D eigenvalue weighted by atomic mass is 16.5. The minimum atomic E-state index is -0.494. The molecule has 1 unspecified atom stereocenters. The molecule has 0 saturated heterocycles. The molecule has 1 aromatic rings. The van der Waals surface area contributed by atoms with Crippen LogP contribution in [0.15, 0.2) is 35.4 Å². The standard InChI is InChI=1S/C14H19N3O3/c1-4-20-13(18)10(2)11(3)16-17-14(19)15-12-8-6-5-7-9-12/h5-10H,4H2,1-3H3,(H2,15,17,19)/b16-11+. The number of nitrogens with zero attached hydrogens (tertiary/aromatic N) is 1. The van der Waals surface area contributed by atoms with E-state index in [1.165, 1.54) is 0 Å². The molecular weight excluding hydrogens is 258 g/mol. The summed E-state index contributed by atoms with van der Waals surface area (Å²) in [6.45, 7) is 5.39. The minimum absolute atomic E-state index is 0.318. The second-order valence-electron chi connectivity index (χ2n) is 4.16. The molecule has 0 fully saturated rings. The molecule has 20 heavy (non-hydrogen) atoms. The highest BCUT2D eigenvalue weighted by Gasteiger charge is 2.17. The number of ether oxygens (including phenoxy) is 1. The van der Waals surface area contributed by atoms with Gasteiger partial charge < -0.3 is 10.1 Å². The number of nitrogens with one attached hydrogen (secondary N) is 2. The Morgan fingerprint density at radius 3 is 2.55 bits per heavy atom. The Morgan fingerprint density at radius 1 is 1.30 bits per heavy atom. The summed E-state index contributed by atoms with van der Waals surface area (Å²) in [7, 11) is 0. The Morgan fingerprint density at radius 2 is 1.95 bits per heavy atom. The average Bonchev–Trinajstić information content (AvgIpc) is 2.45. The van der Waals surface area contributed by atoms with Crippen LogP contribution in [0.5, 0.6) is 0 Å². The van der Waals surface area contributed by atoms with E-state index in [4.69, 9.17) is 4.74 Å². The molecule has 0 spiro atoms. The van der Waals surface area contributed by atoms with Crippen LogP contribution in [0.25, 0.3) is 0 Å². The van der Waals surface area contributed by atoms with E-state index in [0.29, 0.717) is 18.0 Å². The molecule has 0 radical (unpaired) electrons. The fourth-order valence-corrected chi connectivity index (χ4v) is 1.35. The van der Waals surface area contributed by atoms with Gasteiger partial charge in [-0.15, -0.1) is 0 Å². The van der Waals surface area contributed by atoms with E-state index >= 15 is 0 Å². The van der Waals surface area contributed by atoms with Crippen molar-refractivity contribution in [2.75, 3.05) is 11.9 Å². The summed E-state index contributed by atoms with van der Waals surface area (Å²) in [4.78, 5) is 23.1. The van der Waals surface area contributed by atoms with Gasteiger partial charge in [-0.25, -0.2) is 10.2 Å². The van der Waals surface area contributed by atoms with Crippen LogP contribution in [-0.2, 0) is 9.53 Å². The van der Waals surface area contributed by atoms with Crippen molar-refractivity contribution in [2.24, 2.45) is 11.0 Å². The first-order valence-corrected chi connectivity index (χ1v) is 6.37. The Balaban J connectivity index is 2.50. The molecule has 6 heteroatoms. The Hall–Kier alpha value is -2.37. The molecule has 0 heterocycles. The van der Waals surface area contributed by atoms with Gasteiger partial charge in [0.1, 0.15) is 0 Å². The molecule has 1 aromatic carbocycles. The van der Waals surface area contributed by atoms with Crippen LogP contribution in [-0.4, -0.2) is 24.3 Å². The van der Waals surface area contributed by atoms with Crippen LogP contribution in [0.2, 0.25) is 0 Å².